The Morgan fingerprint density at radius 1 is 1.11 bits per heavy atom. The second-order valence-electron chi connectivity index (χ2n) is 4.30. The Hall–Kier alpha value is -2.03. The third-order valence-electron chi connectivity index (χ3n) is 2.87. The van der Waals surface area contributed by atoms with E-state index in [1.807, 2.05) is 37.3 Å². The van der Waals surface area contributed by atoms with Crippen molar-refractivity contribution >= 4 is 5.82 Å². The number of nitrogens with one attached hydrogen (secondary N) is 1. The zero-order valence-corrected chi connectivity index (χ0v) is 11.0. The van der Waals surface area contributed by atoms with Crippen LogP contribution >= 0.6 is 0 Å². The highest BCUT2D eigenvalue weighted by Crippen LogP contribution is 2.20. The van der Waals surface area contributed by atoms with E-state index in [0.717, 1.165) is 17.3 Å². The summed E-state index contributed by atoms with van der Waals surface area (Å²) >= 11 is 0. The van der Waals surface area contributed by atoms with E-state index in [1.165, 1.54) is 5.56 Å². The summed E-state index contributed by atoms with van der Waals surface area (Å²) in [6, 6.07) is 14.2. The minimum atomic E-state index is 0.213. The number of pyridine rings is 1. The molecule has 0 aliphatic rings. The van der Waals surface area contributed by atoms with Gasteiger partial charge in [-0.15, -0.1) is 0 Å². The normalized spacial score (nSPS) is 11.9. The van der Waals surface area contributed by atoms with E-state index in [-0.39, 0.29) is 6.04 Å². The first-order chi connectivity index (χ1) is 8.69. The molecule has 2 rings (SSSR count). The Morgan fingerprint density at radius 2 is 1.83 bits per heavy atom. The number of benzene rings is 1. The van der Waals surface area contributed by atoms with Gasteiger partial charge in [-0.05, 0) is 43.7 Å². The van der Waals surface area contributed by atoms with Crippen molar-refractivity contribution < 1.29 is 4.74 Å². The summed E-state index contributed by atoms with van der Waals surface area (Å²) < 4.78 is 5.15. The Balaban J connectivity index is 2.09. The summed E-state index contributed by atoms with van der Waals surface area (Å²) in [6.07, 6.45) is 0. The highest BCUT2D eigenvalue weighted by molar-refractivity contribution is 5.39. The summed E-state index contributed by atoms with van der Waals surface area (Å²) in [7, 11) is 1.67. The molecule has 3 heteroatoms. The number of aromatic nitrogens is 1. The molecule has 3 nitrogen and oxygen atoms in total. The fraction of sp³-hybridized carbons (Fsp3) is 0.267. The molecule has 0 radical (unpaired) electrons. The molecule has 94 valence electrons. The summed E-state index contributed by atoms with van der Waals surface area (Å²) in [4.78, 5) is 4.44. The molecule has 1 heterocycles. The molecule has 1 aromatic heterocycles. The van der Waals surface area contributed by atoms with Gasteiger partial charge in [0.05, 0.1) is 7.11 Å². The fourth-order valence-electron chi connectivity index (χ4n) is 1.82. The van der Waals surface area contributed by atoms with Crippen LogP contribution in [0.4, 0.5) is 5.82 Å². The summed E-state index contributed by atoms with van der Waals surface area (Å²) in [5.41, 5.74) is 2.22. The number of ether oxygens (including phenoxy) is 1. The number of methoxy groups -OCH3 is 1. The highest BCUT2D eigenvalue weighted by atomic mass is 16.5. The zero-order chi connectivity index (χ0) is 13.0. The summed E-state index contributed by atoms with van der Waals surface area (Å²) in [6.45, 7) is 4.11. The van der Waals surface area contributed by atoms with Crippen LogP contribution in [0.5, 0.6) is 5.75 Å². The molecule has 1 atom stereocenters. The molecule has 1 N–H and O–H groups in total. The number of hydrogen-bond acceptors (Lipinski definition) is 3. The van der Waals surface area contributed by atoms with Crippen molar-refractivity contribution in [1.82, 2.24) is 4.98 Å². The standard InChI is InChI=1S/C15H18N2O/c1-11-5-4-6-15(16-11)17-12(2)13-7-9-14(18-3)10-8-13/h4-10,12H,1-3H3,(H,16,17). The molecule has 0 spiro atoms. The topological polar surface area (TPSA) is 34.1 Å². The Morgan fingerprint density at radius 3 is 2.44 bits per heavy atom. The van der Waals surface area contributed by atoms with Gasteiger partial charge in [0.2, 0.25) is 0 Å². The maximum absolute atomic E-state index is 5.15. The molecule has 0 aliphatic heterocycles. The number of anilines is 1. The van der Waals surface area contributed by atoms with Crippen LogP contribution in [0.3, 0.4) is 0 Å². The van der Waals surface area contributed by atoms with E-state index in [1.54, 1.807) is 7.11 Å². The molecule has 0 saturated carbocycles. The average Bonchev–Trinajstić information content (AvgIpc) is 2.39. The molecule has 0 fully saturated rings. The summed E-state index contributed by atoms with van der Waals surface area (Å²) in [5.74, 6) is 1.78. The lowest BCUT2D eigenvalue weighted by Gasteiger charge is -2.15. The Kier molecular flexibility index (Phi) is 3.82. The second kappa shape index (κ2) is 5.54. The van der Waals surface area contributed by atoms with Crippen LogP contribution in [-0.2, 0) is 0 Å². The van der Waals surface area contributed by atoms with E-state index in [0.29, 0.717) is 0 Å². The van der Waals surface area contributed by atoms with E-state index < -0.39 is 0 Å². The average molecular weight is 242 g/mol. The molecule has 0 bridgehead atoms. The van der Waals surface area contributed by atoms with Gasteiger partial charge in [0, 0.05) is 11.7 Å². The van der Waals surface area contributed by atoms with Gasteiger partial charge in [-0.25, -0.2) is 4.98 Å². The highest BCUT2D eigenvalue weighted by Gasteiger charge is 2.06. The monoisotopic (exact) mass is 242 g/mol. The quantitative estimate of drug-likeness (QED) is 0.890. The Labute approximate surface area is 108 Å². The summed E-state index contributed by atoms with van der Waals surface area (Å²) in [5, 5.41) is 3.38. The van der Waals surface area contributed by atoms with Gasteiger partial charge in [0.1, 0.15) is 11.6 Å². The lowest BCUT2D eigenvalue weighted by molar-refractivity contribution is 0.414. The van der Waals surface area contributed by atoms with E-state index in [9.17, 15) is 0 Å². The molecule has 0 amide bonds. The lowest BCUT2D eigenvalue weighted by atomic mass is 10.1. The van der Waals surface area contributed by atoms with Crippen LogP contribution in [0.2, 0.25) is 0 Å². The van der Waals surface area contributed by atoms with Crippen molar-refractivity contribution in [2.75, 3.05) is 12.4 Å². The van der Waals surface area contributed by atoms with Gasteiger partial charge in [-0.2, -0.15) is 0 Å². The van der Waals surface area contributed by atoms with Gasteiger partial charge >= 0.3 is 0 Å². The van der Waals surface area contributed by atoms with Crippen molar-refractivity contribution in [3.05, 3.63) is 53.7 Å². The fourth-order valence-corrected chi connectivity index (χ4v) is 1.82. The largest absolute Gasteiger partial charge is 0.497 e. The van der Waals surface area contributed by atoms with Crippen LogP contribution in [0.25, 0.3) is 0 Å². The first-order valence-corrected chi connectivity index (χ1v) is 6.03. The first kappa shape index (κ1) is 12.4. The third kappa shape index (κ3) is 3.00. The molecule has 2 aromatic rings. The number of nitrogens with zero attached hydrogens (tertiary/aromatic N) is 1. The van der Waals surface area contributed by atoms with Crippen molar-refractivity contribution in [1.29, 1.82) is 0 Å². The van der Waals surface area contributed by atoms with Crippen molar-refractivity contribution in [3.8, 4) is 5.75 Å². The zero-order valence-electron chi connectivity index (χ0n) is 11.0. The van der Waals surface area contributed by atoms with Crippen LogP contribution in [-0.4, -0.2) is 12.1 Å². The molecular formula is C15H18N2O. The van der Waals surface area contributed by atoms with Crippen LogP contribution in [0.1, 0.15) is 24.2 Å². The predicted octanol–water partition coefficient (Wildman–Crippen LogP) is 3.57. The van der Waals surface area contributed by atoms with Crippen molar-refractivity contribution in [2.45, 2.75) is 19.9 Å². The smallest absolute Gasteiger partial charge is 0.126 e. The van der Waals surface area contributed by atoms with Crippen LogP contribution in [0.15, 0.2) is 42.5 Å². The minimum absolute atomic E-state index is 0.213. The second-order valence-corrected chi connectivity index (χ2v) is 4.30. The molecule has 1 unspecified atom stereocenters. The van der Waals surface area contributed by atoms with Crippen molar-refractivity contribution in [3.63, 3.8) is 0 Å². The van der Waals surface area contributed by atoms with Gasteiger partial charge in [0.15, 0.2) is 0 Å². The van der Waals surface area contributed by atoms with Gasteiger partial charge in [-0.3, -0.25) is 0 Å². The lowest BCUT2D eigenvalue weighted by Crippen LogP contribution is -2.08. The third-order valence-corrected chi connectivity index (χ3v) is 2.87. The first-order valence-electron chi connectivity index (χ1n) is 6.03. The van der Waals surface area contributed by atoms with Gasteiger partial charge < -0.3 is 10.1 Å². The van der Waals surface area contributed by atoms with E-state index in [2.05, 4.69) is 29.4 Å². The van der Waals surface area contributed by atoms with Crippen molar-refractivity contribution in [2.24, 2.45) is 0 Å². The van der Waals surface area contributed by atoms with Crippen LogP contribution < -0.4 is 10.1 Å². The number of rotatable bonds is 4. The van der Waals surface area contributed by atoms with E-state index >= 15 is 0 Å². The number of aryl methyl sites for hydroxylation is 1. The van der Waals surface area contributed by atoms with Gasteiger partial charge in [0.25, 0.3) is 0 Å². The van der Waals surface area contributed by atoms with Gasteiger partial charge in [-0.1, -0.05) is 18.2 Å². The molecular weight excluding hydrogens is 224 g/mol. The SMILES string of the molecule is COc1ccc(C(C)Nc2cccc(C)n2)cc1. The molecule has 1 aromatic carbocycles. The van der Waals surface area contributed by atoms with Crippen LogP contribution in [0, 0.1) is 6.92 Å². The van der Waals surface area contributed by atoms with E-state index in [4.69, 9.17) is 4.74 Å². The number of hydrogen-bond donors (Lipinski definition) is 1. The predicted molar refractivity (Wildman–Crippen MR) is 74.0 cm³/mol. The molecule has 0 aliphatic carbocycles. The minimum Gasteiger partial charge on any atom is -0.497 e. The maximum atomic E-state index is 5.15. The Bertz CT molecular complexity index is 508. The maximum Gasteiger partial charge on any atom is 0.126 e. The molecule has 0 saturated heterocycles. The molecule has 18 heavy (non-hydrogen) atoms.